The molecule has 92 valence electrons. The largest absolute Gasteiger partial charge is 0.311 e. The van der Waals surface area contributed by atoms with Crippen molar-refractivity contribution in [2.75, 3.05) is 0 Å². The van der Waals surface area contributed by atoms with Gasteiger partial charge >= 0.3 is 0 Å². The molecule has 0 amide bonds. The normalized spacial score (nSPS) is 24.6. The van der Waals surface area contributed by atoms with E-state index in [4.69, 9.17) is 0 Å². The number of hydrogen-bond acceptors (Lipinski definition) is 2. The lowest BCUT2D eigenvalue weighted by molar-refractivity contribution is 0.0960. The first-order valence-electron chi connectivity index (χ1n) is 6.20. The summed E-state index contributed by atoms with van der Waals surface area (Å²) in [6.45, 7) is 2.19. The Labute approximate surface area is 111 Å². The fourth-order valence-electron chi connectivity index (χ4n) is 2.38. The zero-order chi connectivity index (χ0) is 12.3. The van der Waals surface area contributed by atoms with Gasteiger partial charge in [0.05, 0.1) is 0 Å². The van der Waals surface area contributed by atoms with Gasteiger partial charge < -0.3 is 5.32 Å². The molecule has 0 aromatic heterocycles. The van der Waals surface area contributed by atoms with Crippen molar-refractivity contribution in [3.63, 3.8) is 0 Å². The van der Waals surface area contributed by atoms with Crippen LogP contribution in [0.5, 0.6) is 0 Å². The van der Waals surface area contributed by atoms with Gasteiger partial charge in [0.1, 0.15) is 0 Å². The van der Waals surface area contributed by atoms with Crippen LogP contribution in [-0.4, -0.2) is 17.9 Å². The molecule has 1 heterocycles. The van der Waals surface area contributed by atoms with Crippen LogP contribution in [0.25, 0.3) is 0 Å². The average Bonchev–Trinajstić information content (AvgIpc) is 2.29. The number of nitrogens with one attached hydrogen (secondary N) is 1. The fourth-order valence-corrected chi connectivity index (χ4v) is 2.64. The summed E-state index contributed by atoms with van der Waals surface area (Å²) in [6, 6.07) is 8.52. The number of ketones is 1. The first-order valence-corrected chi connectivity index (χ1v) is 6.99. The quantitative estimate of drug-likeness (QED) is 0.864. The monoisotopic (exact) mass is 295 g/mol. The van der Waals surface area contributed by atoms with Crippen molar-refractivity contribution in [1.29, 1.82) is 0 Å². The van der Waals surface area contributed by atoms with E-state index < -0.39 is 0 Å². The summed E-state index contributed by atoms with van der Waals surface area (Å²) in [5.74, 6) is 0.240. The Bertz CT molecular complexity index is 388. The van der Waals surface area contributed by atoms with Crippen molar-refractivity contribution in [3.8, 4) is 0 Å². The molecule has 1 saturated heterocycles. The summed E-state index contributed by atoms with van der Waals surface area (Å²) < 4.78 is 1.01. The average molecular weight is 296 g/mol. The molecule has 3 heteroatoms. The maximum absolute atomic E-state index is 12.1. The van der Waals surface area contributed by atoms with E-state index in [2.05, 4.69) is 28.2 Å². The molecule has 0 saturated carbocycles. The Kier molecular flexibility index (Phi) is 4.35. The highest BCUT2D eigenvalue weighted by atomic mass is 79.9. The van der Waals surface area contributed by atoms with Crippen LogP contribution in [0.2, 0.25) is 0 Å². The number of hydrogen-bond donors (Lipinski definition) is 1. The van der Waals surface area contributed by atoms with Gasteiger partial charge in [0, 0.05) is 28.5 Å². The molecule has 1 fully saturated rings. The lowest BCUT2D eigenvalue weighted by atomic mass is 9.94. The SMILES string of the molecule is CC1CCCC(CC(=O)c2ccc(Br)cc2)N1. The molecule has 1 aliphatic heterocycles. The van der Waals surface area contributed by atoms with Crippen LogP contribution in [-0.2, 0) is 0 Å². The third-order valence-corrected chi connectivity index (χ3v) is 3.84. The van der Waals surface area contributed by atoms with Crippen molar-refractivity contribution < 1.29 is 4.79 Å². The summed E-state index contributed by atoms with van der Waals surface area (Å²) in [7, 11) is 0. The topological polar surface area (TPSA) is 29.1 Å². The molecule has 2 unspecified atom stereocenters. The first-order chi connectivity index (χ1) is 8.15. The lowest BCUT2D eigenvalue weighted by Gasteiger charge is -2.28. The van der Waals surface area contributed by atoms with E-state index in [0.29, 0.717) is 18.5 Å². The first kappa shape index (κ1) is 12.8. The van der Waals surface area contributed by atoms with Gasteiger partial charge in [-0.2, -0.15) is 0 Å². The molecule has 0 radical (unpaired) electrons. The van der Waals surface area contributed by atoms with Crippen LogP contribution in [0.1, 0.15) is 43.0 Å². The number of piperidine rings is 1. The van der Waals surface area contributed by atoms with Crippen LogP contribution < -0.4 is 5.32 Å². The molecule has 2 nitrogen and oxygen atoms in total. The summed E-state index contributed by atoms with van der Waals surface area (Å²) in [5.41, 5.74) is 0.813. The molecule has 1 aromatic rings. The number of halogens is 1. The van der Waals surface area contributed by atoms with E-state index in [-0.39, 0.29) is 5.78 Å². The summed E-state index contributed by atoms with van der Waals surface area (Å²) in [6.07, 6.45) is 4.19. The molecule has 0 aliphatic carbocycles. The molecule has 2 rings (SSSR count). The second-order valence-corrected chi connectivity index (χ2v) is 5.75. The third-order valence-electron chi connectivity index (χ3n) is 3.31. The fraction of sp³-hybridized carbons (Fsp3) is 0.500. The highest BCUT2D eigenvalue weighted by molar-refractivity contribution is 9.10. The molecule has 2 atom stereocenters. The maximum atomic E-state index is 12.1. The van der Waals surface area contributed by atoms with Gasteiger partial charge in [-0.1, -0.05) is 34.5 Å². The molecule has 0 spiro atoms. The number of rotatable bonds is 3. The van der Waals surface area contributed by atoms with E-state index in [0.717, 1.165) is 16.5 Å². The second-order valence-electron chi connectivity index (χ2n) is 4.83. The maximum Gasteiger partial charge on any atom is 0.164 e. The van der Waals surface area contributed by atoms with Crippen LogP contribution >= 0.6 is 15.9 Å². The van der Waals surface area contributed by atoms with Crippen LogP contribution in [0.3, 0.4) is 0 Å². The molecular weight excluding hydrogens is 278 g/mol. The Balaban J connectivity index is 1.94. The van der Waals surface area contributed by atoms with Gasteiger partial charge in [0.15, 0.2) is 5.78 Å². The minimum Gasteiger partial charge on any atom is -0.311 e. The highest BCUT2D eigenvalue weighted by Crippen LogP contribution is 2.18. The summed E-state index contributed by atoms with van der Waals surface area (Å²) in [4.78, 5) is 12.1. The van der Waals surface area contributed by atoms with Gasteiger partial charge in [0.2, 0.25) is 0 Å². The molecule has 0 bridgehead atoms. The van der Waals surface area contributed by atoms with Crippen molar-refractivity contribution in [3.05, 3.63) is 34.3 Å². The predicted octanol–water partition coefficient (Wildman–Crippen LogP) is 3.55. The van der Waals surface area contributed by atoms with Crippen LogP contribution in [0.15, 0.2) is 28.7 Å². The molecular formula is C14H18BrNO. The second kappa shape index (κ2) is 5.78. The molecule has 1 aliphatic rings. The highest BCUT2D eigenvalue weighted by Gasteiger charge is 2.20. The summed E-state index contributed by atoms with van der Waals surface area (Å²) in [5, 5.41) is 3.50. The van der Waals surface area contributed by atoms with E-state index in [1.54, 1.807) is 0 Å². The van der Waals surface area contributed by atoms with Gasteiger partial charge in [0.25, 0.3) is 0 Å². The Morgan fingerprint density at radius 1 is 1.35 bits per heavy atom. The van der Waals surface area contributed by atoms with E-state index in [1.807, 2.05) is 24.3 Å². The third kappa shape index (κ3) is 3.65. The summed E-state index contributed by atoms with van der Waals surface area (Å²) >= 11 is 3.38. The predicted molar refractivity (Wildman–Crippen MR) is 73.3 cm³/mol. The standard InChI is InChI=1S/C14H18BrNO/c1-10-3-2-4-13(16-10)9-14(17)11-5-7-12(15)8-6-11/h5-8,10,13,16H,2-4,9H2,1H3. The Morgan fingerprint density at radius 2 is 2.06 bits per heavy atom. The minimum absolute atomic E-state index is 0.240. The molecule has 1 aromatic carbocycles. The van der Waals surface area contributed by atoms with E-state index in [9.17, 15) is 4.79 Å². The van der Waals surface area contributed by atoms with Crippen LogP contribution in [0.4, 0.5) is 0 Å². The number of carbonyl (C=O) groups excluding carboxylic acids is 1. The lowest BCUT2D eigenvalue weighted by Crippen LogP contribution is -2.41. The van der Waals surface area contributed by atoms with Crippen molar-refractivity contribution in [1.82, 2.24) is 5.32 Å². The van der Waals surface area contributed by atoms with Crippen molar-refractivity contribution >= 4 is 21.7 Å². The number of benzene rings is 1. The van der Waals surface area contributed by atoms with Crippen molar-refractivity contribution in [2.45, 2.75) is 44.7 Å². The molecule has 17 heavy (non-hydrogen) atoms. The zero-order valence-electron chi connectivity index (χ0n) is 10.1. The van der Waals surface area contributed by atoms with Crippen molar-refractivity contribution in [2.24, 2.45) is 0 Å². The Hall–Kier alpha value is -0.670. The van der Waals surface area contributed by atoms with Gasteiger partial charge in [-0.25, -0.2) is 0 Å². The smallest absolute Gasteiger partial charge is 0.164 e. The Morgan fingerprint density at radius 3 is 2.71 bits per heavy atom. The van der Waals surface area contributed by atoms with E-state index >= 15 is 0 Å². The molecule has 1 N–H and O–H groups in total. The van der Waals surface area contributed by atoms with Gasteiger partial charge in [-0.15, -0.1) is 0 Å². The number of Topliss-reactive ketones (excluding diaryl/α,β-unsaturated/α-hetero) is 1. The zero-order valence-corrected chi connectivity index (χ0v) is 11.7. The van der Waals surface area contributed by atoms with Crippen LogP contribution in [0, 0.1) is 0 Å². The van der Waals surface area contributed by atoms with Gasteiger partial charge in [-0.3, -0.25) is 4.79 Å². The van der Waals surface area contributed by atoms with Gasteiger partial charge in [-0.05, 0) is 31.9 Å². The number of carbonyl (C=O) groups is 1. The van der Waals surface area contributed by atoms with E-state index in [1.165, 1.54) is 12.8 Å². The minimum atomic E-state index is 0.240.